The summed E-state index contributed by atoms with van der Waals surface area (Å²) < 4.78 is 14.2. The van der Waals surface area contributed by atoms with Crippen LogP contribution in [0.2, 0.25) is 0 Å². The van der Waals surface area contributed by atoms with E-state index < -0.39 is 7.14 Å². The van der Waals surface area contributed by atoms with Crippen LogP contribution < -0.4 is 10.6 Å². The van der Waals surface area contributed by atoms with Crippen molar-refractivity contribution in [2.75, 3.05) is 6.16 Å². The van der Waals surface area contributed by atoms with Crippen molar-refractivity contribution in [2.24, 2.45) is 17.3 Å². The maximum atomic E-state index is 14.2. The second kappa shape index (κ2) is 7.50. The molecule has 0 atom stereocenters. The first-order chi connectivity index (χ1) is 11.9. The molecule has 0 radical (unpaired) electrons. The molecule has 1 saturated carbocycles. The highest BCUT2D eigenvalue weighted by Crippen LogP contribution is 2.49. The van der Waals surface area contributed by atoms with Gasteiger partial charge in [-0.25, -0.2) is 0 Å². The van der Waals surface area contributed by atoms with E-state index in [-0.39, 0.29) is 0 Å². The quantitative estimate of drug-likeness (QED) is 0.629. The molecular formula is C23H31OP. The second-order valence-electron chi connectivity index (χ2n) is 8.68. The van der Waals surface area contributed by atoms with Crippen molar-refractivity contribution in [1.82, 2.24) is 0 Å². The molecule has 2 heteroatoms. The van der Waals surface area contributed by atoms with Crippen LogP contribution in [0.5, 0.6) is 0 Å². The van der Waals surface area contributed by atoms with Crippen molar-refractivity contribution in [1.29, 1.82) is 0 Å². The van der Waals surface area contributed by atoms with Crippen LogP contribution in [0.3, 0.4) is 0 Å². The van der Waals surface area contributed by atoms with E-state index in [9.17, 15) is 4.57 Å². The van der Waals surface area contributed by atoms with Crippen LogP contribution in [0.4, 0.5) is 0 Å². The van der Waals surface area contributed by atoms with Gasteiger partial charge in [-0.2, -0.15) is 0 Å². The van der Waals surface area contributed by atoms with E-state index in [1.54, 1.807) is 0 Å². The minimum atomic E-state index is -2.55. The number of rotatable bonds is 4. The third kappa shape index (κ3) is 4.26. The lowest BCUT2D eigenvalue weighted by Gasteiger charge is -2.38. The highest BCUT2D eigenvalue weighted by atomic mass is 31.2. The molecule has 2 aromatic rings. The van der Waals surface area contributed by atoms with E-state index in [4.69, 9.17) is 0 Å². The summed E-state index contributed by atoms with van der Waals surface area (Å²) in [6, 6.07) is 20.3. The number of benzene rings is 2. The van der Waals surface area contributed by atoms with Crippen LogP contribution in [0.1, 0.15) is 46.5 Å². The van der Waals surface area contributed by atoms with Gasteiger partial charge in [0.1, 0.15) is 7.14 Å². The Balaban J connectivity index is 1.82. The molecule has 0 heterocycles. The van der Waals surface area contributed by atoms with Gasteiger partial charge in [0.25, 0.3) is 0 Å². The Morgan fingerprint density at radius 3 is 1.64 bits per heavy atom. The molecule has 0 spiro atoms. The maximum absolute atomic E-state index is 14.2. The van der Waals surface area contributed by atoms with Gasteiger partial charge < -0.3 is 4.57 Å². The molecule has 0 amide bonds. The SMILES string of the molecule is CC(C)(C)C1CCC(CP(=O)(c2ccccc2)c2ccccc2)CC1. The zero-order valence-electron chi connectivity index (χ0n) is 15.8. The molecular weight excluding hydrogens is 323 g/mol. The molecule has 0 aromatic heterocycles. The van der Waals surface area contributed by atoms with Crippen molar-refractivity contribution in [3.05, 3.63) is 60.7 Å². The number of hydrogen-bond acceptors (Lipinski definition) is 1. The van der Waals surface area contributed by atoms with E-state index in [0.717, 1.165) is 22.7 Å². The van der Waals surface area contributed by atoms with E-state index in [2.05, 4.69) is 45.0 Å². The van der Waals surface area contributed by atoms with E-state index in [1.807, 2.05) is 36.4 Å². The van der Waals surface area contributed by atoms with Crippen LogP contribution in [-0.2, 0) is 4.57 Å². The van der Waals surface area contributed by atoms with Crippen molar-refractivity contribution < 1.29 is 4.57 Å². The Morgan fingerprint density at radius 2 is 1.24 bits per heavy atom. The lowest BCUT2D eigenvalue weighted by molar-refractivity contribution is 0.156. The van der Waals surface area contributed by atoms with Crippen LogP contribution in [-0.4, -0.2) is 6.16 Å². The molecule has 1 aliphatic rings. The van der Waals surface area contributed by atoms with E-state index in [1.165, 1.54) is 25.7 Å². The van der Waals surface area contributed by atoms with Crippen LogP contribution in [0.15, 0.2) is 60.7 Å². The van der Waals surface area contributed by atoms with Crippen molar-refractivity contribution in [2.45, 2.75) is 46.5 Å². The van der Waals surface area contributed by atoms with Crippen molar-refractivity contribution >= 4 is 17.8 Å². The lowest BCUT2D eigenvalue weighted by Crippen LogP contribution is -2.29. The largest absolute Gasteiger partial charge is 0.314 e. The summed E-state index contributed by atoms with van der Waals surface area (Å²) in [7, 11) is -2.55. The maximum Gasteiger partial charge on any atom is 0.143 e. The summed E-state index contributed by atoms with van der Waals surface area (Å²) in [5.41, 5.74) is 0.396. The second-order valence-corrected chi connectivity index (χ2v) is 11.6. The first-order valence-electron chi connectivity index (χ1n) is 9.60. The van der Waals surface area contributed by atoms with Gasteiger partial charge in [-0.15, -0.1) is 0 Å². The van der Waals surface area contributed by atoms with Crippen LogP contribution in [0.25, 0.3) is 0 Å². The molecule has 25 heavy (non-hydrogen) atoms. The predicted octanol–water partition coefficient (Wildman–Crippen LogP) is 5.85. The highest BCUT2D eigenvalue weighted by Gasteiger charge is 2.35. The highest BCUT2D eigenvalue weighted by molar-refractivity contribution is 7.78. The molecule has 0 saturated heterocycles. The molecule has 134 valence electrons. The topological polar surface area (TPSA) is 17.1 Å². The van der Waals surface area contributed by atoms with Gasteiger partial charge in [0.2, 0.25) is 0 Å². The monoisotopic (exact) mass is 354 g/mol. The van der Waals surface area contributed by atoms with E-state index >= 15 is 0 Å². The Labute approximate surface area is 153 Å². The minimum absolute atomic E-state index is 0.396. The summed E-state index contributed by atoms with van der Waals surface area (Å²) in [6.07, 6.45) is 5.80. The van der Waals surface area contributed by atoms with Crippen molar-refractivity contribution in [3.63, 3.8) is 0 Å². The zero-order valence-corrected chi connectivity index (χ0v) is 16.7. The fraction of sp³-hybridized carbons (Fsp3) is 0.478. The molecule has 0 bridgehead atoms. The Bertz CT molecular complexity index is 663. The molecule has 1 nitrogen and oxygen atoms in total. The van der Waals surface area contributed by atoms with Crippen LogP contribution >= 0.6 is 7.14 Å². The standard InChI is InChI=1S/C23H31OP/c1-23(2,3)20-16-14-19(15-17-20)18-25(24,21-10-6-4-7-11-21)22-12-8-5-9-13-22/h4-13,19-20H,14-18H2,1-3H3. The van der Waals surface area contributed by atoms with Gasteiger partial charge in [0.15, 0.2) is 0 Å². The first-order valence-corrected chi connectivity index (χ1v) is 11.5. The molecule has 3 rings (SSSR count). The molecule has 0 unspecified atom stereocenters. The Morgan fingerprint density at radius 1 is 0.800 bits per heavy atom. The van der Waals surface area contributed by atoms with E-state index in [0.29, 0.717) is 11.3 Å². The number of hydrogen-bond donors (Lipinski definition) is 0. The molecule has 0 N–H and O–H groups in total. The Hall–Kier alpha value is -1.33. The minimum Gasteiger partial charge on any atom is -0.314 e. The summed E-state index contributed by atoms with van der Waals surface area (Å²) in [5, 5.41) is 2.03. The molecule has 2 aromatic carbocycles. The third-order valence-electron chi connectivity index (χ3n) is 5.93. The van der Waals surface area contributed by atoms with Gasteiger partial charge in [-0.05, 0) is 42.9 Å². The summed E-state index contributed by atoms with van der Waals surface area (Å²) in [5.74, 6) is 1.38. The summed E-state index contributed by atoms with van der Waals surface area (Å²) >= 11 is 0. The first kappa shape index (κ1) is 18.5. The van der Waals surface area contributed by atoms with Gasteiger partial charge >= 0.3 is 0 Å². The average molecular weight is 354 g/mol. The van der Waals surface area contributed by atoms with Gasteiger partial charge in [0, 0.05) is 16.8 Å². The lowest BCUT2D eigenvalue weighted by atomic mass is 9.70. The normalized spacial score (nSPS) is 21.9. The fourth-order valence-corrected chi connectivity index (χ4v) is 7.39. The third-order valence-corrected chi connectivity index (χ3v) is 9.23. The molecule has 0 aliphatic heterocycles. The van der Waals surface area contributed by atoms with Crippen molar-refractivity contribution in [3.8, 4) is 0 Å². The Kier molecular flexibility index (Phi) is 5.54. The van der Waals surface area contributed by atoms with Gasteiger partial charge in [0.05, 0.1) is 0 Å². The zero-order chi connectivity index (χ0) is 17.9. The summed E-state index contributed by atoms with van der Waals surface area (Å²) in [6.45, 7) is 7.07. The van der Waals surface area contributed by atoms with Gasteiger partial charge in [-0.1, -0.05) is 81.4 Å². The molecule has 1 fully saturated rings. The molecule has 1 aliphatic carbocycles. The summed E-state index contributed by atoms with van der Waals surface area (Å²) in [4.78, 5) is 0. The van der Waals surface area contributed by atoms with Crippen LogP contribution in [0, 0.1) is 17.3 Å². The average Bonchev–Trinajstić information content (AvgIpc) is 2.63. The fourth-order valence-electron chi connectivity index (χ4n) is 4.27. The predicted molar refractivity (Wildman–Crippen MR) is 110 cm³/mol. The smallest absolute Gasteiger partial charge is 0.143 e. The van der Waals surface area contributed by atoms with Gasteiger partial charge in [-0.3, -0.25) is 0 Å².